The number of aromatic nitrogens is 3. The number of hydrogen-bond acceptors (Lipinski definition) is 9. The number of carbonyl (C=O) groups excluding carboxylic acids is 1. The summed E-state index contributed by atoms with van der Waals surface area (Å²) in [5, 5.41) is 12.2. The van der Waals surface area contributed by atoms with Gasteiger partial charge in [0.05, 0.1) is 35.2 Å². The molecule has 0 saturated carbocycles. The maximum absolute atomic E-state index is 12.9. The van der Waals surface area contributed by atoms with Gasteiger partial charge in [-0.3, -0.25) is 9.78 Å². The standard InChI is InChI=1S/C16H14ClF3N4.C12H18N2O4/c1-23-11-2-3-24(8-11)13-5-12(17)14(22-15(13)23)9-4-10(7-21-6-9)16(18,19)20;1-12(2,16)18-7-3-6-17-11-8-10(14-9-15)4-5-13-11/h4-7,11H,2-3,8H2,1H3;4-5,8-9,16H,3,6-7H2,1-2H3,(H,13,14,15). The lowest BCUT2D eigenvalue weighted by atomic mass is 10.1. The number of nitrogens with zero attached hydrogens (tertiary/aromatic N) is 5. The fourth-order valence-electron chi connectivity index (χ4n) is 4.54. The van der Waals surface area contributed by atoms with Crippen molar-refractivity contribution in [3.8, 4) is 17.1 Å². The van der Waals surface area contributed by atoms with Gasteiger partial charge >= 0.3 is 6.18 Å². The Morgan fingerprint density at radius 1 is 1.21 bits per heavy atom. The van der Waals surface area contributed by atoms with Crippen LogP contribution in [0, 0.1) is 0 Å². The number of halogens is 4. The monoisotopic (exact) mass is 608 g/mol. The molecule has 2 N–H and O–H groups in total. The number of fused-ring (bicyclic) bond motifs is 4. The molecule has 0 radical (unpaired) electrons. The molecular weight excluding hydrogens is 577 g/mol. The van der Waals surface area contributed by atoms with Gasteiger partial charge in [0.2, 0.25) is 12.3 Å². The number of hydrogen-bond donors (Lipinski definition) is 2. The van der Waals surface area contributed by atoms with E-state index >= 15 is 0 Å². The molecule has 3 aromatic rings. The molecule has 5 heterocycles. The topological polar surface area (TPSA) is 113 Å². The van der Waals surface area contributed by atoms with Gasteiger partial charge in [-0.15, -0.1) is 0 Å². The molecule has 5 rings (SSSR count). The normalized spacial score (nSPS) is 16.0. The van der Waals surface area contributed by atoms with Crippen molar-refractivity contribution in [2.24, 2.45) is 0 Å². The first-order chi connectivity index (χ1) is 19.9. The van der Waals surface area contributed by atoms with E-state index in [9.17, 15) is 23.1 Å². The summed E-state index contributed by atoms with van der Waals surface area (Å²) in [4.78, 5) is 26.8. The van der Waals surface area contributed by atoms with E-state index in [-0.39, 0.29) is 5.56 Å². The minimum atomic E-state index is -4.45. The lowest BCUT2D eigenvalue weighted by Gasteiger charge is -2.35. The fourth-order valence-corrected chi connectivity index (χ4v) is 4.80. The number of rotatable bonds is 9. The summed E-state index contributed by atoms with van der Waals surface area (Å²) in [6, 6.07) is 6.49. The highest BCUT2D eigenvalue weighted by Crippen LogP contribution is 2.42. The van der Waals surface area contributed by atoms with Crippen molar-refractivity contribution in [2.45, 2.75) is 44.7 Å². The van der Waals surface area contributed by atoms with Crippen LogP contribution < -0.4 is 19.9 Å². The summed E-state index contributed by atoms with van der Waals surface area (Å²) in [6.07, 6.45) is 1.51. The number of ether oxygens (including phenoxy) is 2. The van der Waals surface area contributed by atoms with E-state index in [1.54, 1.807) is 38.2 Å². The molecule has 14 heteroatoms. The molecule has 10 nitrogen and oxygen atoms in total. The van der Waals surface area contributed by atoms with Crippen LogP contribution in [0.5, 0.6) is 5.88 Å². The van der Waals surface area contributed by atoms with Crippen molar-refractivity contribution in [2.75, 3.05) is 48.5 Å². The molecule has 226 valence electrons. The number of likely N-dealkylation sites (N-methyl/N-ethyl adjacent to an activating group) is 1. The SMILES string of the molecule is CC(C)(O)OCCCOc1cc(NC=O)ccn1.CN1c2nc(-c3cncc(C(F)(F)F)c3)c(Cl)cc2N2CCC1C2. The minimum absolute atomic E-state index is 0.263. The van der Waals surface area contributed by atoms with Crippen LogP contribution in [-0.2, 0) is 15.7 Å². The molecule has 1 fully saturated rings. The van der Waals surface area contributed by atoms with E-state index < -0.39 is 17.5 Å². The molecule has 0 aromatic carbocycles. The summed E-state index contributed by atoms with van der Waals surface area (Å²) < 4.78 is 49.3. The Bertz CT molecular complexity index is 1390. The zero-order valence-corrected chi connectivity index (χ0v) is 24.1. The van der Waals surface area contributed by atoms with Gasteiger partial charge < -0.3 is 29.7 Å². The first-order valence-corrected chi connectivity index (χ1v) is 13.6. The Morgan fingerprint density at radius 2 is 2.00 bits per heavy atom. The number of carbonyl (C=O) groups is 1. The van der Waals surface area contributed by atoms with Crippen molar-refractivity contribution < 1.29 is 32.5 Å². The molecule has 1 saturated heterocycles. The first kappa shape index (κ1) is 31.3. The minimum Gasteiger partial charge on any atom is -0.478 e. The molecule has 42 heavy (non-hydrogen) atoms. The van der Waals surface area contributed by atoms with Crippen LogP contribution in [0.1, 0.15) is 32.3 Å². The van der Waals surface area contributed by atoms with Crippen molar-refractivity contribution in [3.63, 3.8) is 0 Å². The predicted octanol–water partition coefficient (Wildman–Crippen LogP) is 5.01. The zero-order chi connectivity index (χ0) is 30.5. The van der Waals surface area contributed by atoms with Crippen molar-refractivity contribution in [1.29, 1.82) is 0 Å². The number of nitrogens with one attached hydrogen (secondary N) is 1. The van der Waals surface area contributed by atoms with Gasteiger partial charge in [0.1, 0.15) is 0 Å². The zero-order valence-electron chi connectivity index (χ0n) is 23.4. The van der Waals surface area contributed by atoms with Crippen LogP contribution in [0.25, 0.3) is 11.3 Å². The van der Waals surface area contributed by atoms with Gasteiger partial charge in [-0.05, 0) is 38.5 Å². The molecule has 1 amide bonds. The predicted molar refractivity (Wildman–Crippen MR) is 153 cm³/mol. The van der Waals surface area contributed by atoms with Gasteiger partial charge in [-0.25, -0.2) is 9.97 Å². The Morgan fingerprint density at radius 3 is 2.71 bits per heavy atom. The largest absolute Gasteiger partial charge is 0.478 e. The number of amides is 1. The first-order valence-electron chi connectivity index (χ1n) is 13.2. The van der Waals surface area contributed by atoms with Crippen LogP contribution in [0.2, 0.25) is 5.02 Å². The molecule has 2 bridgehead atoms. The highest BCUT2D eigenvalue weighted by atomic mass is 35.5. The van der Waals surface area contributed by atoms with Crippen LogP contribution >= 0.6 is 11.6 Å². The van der Waals surface area contributed by atoms with Crippen LogP contribution in [0.3, 0.4) is 0 Å². The van der Waals surface area contributed by atoms with E-state index in [1.807, 2.05) is 7.05 Å². The quantitative estimate of drug-likeness (QED) is 0.197. The average Bonchev–Trinajstić information content (AvgIpc) is 3.38. The summed E-state index contributed by atoms with van der Waals surface area (Å²) in [7, 11) is 1.96. The van der Waals surface area contributed by atoms with Gasteiger partial charge in [-0.1, -0.05) is 11.6 Å². The molecule has 0 aliphatic carbocycles. The lowest BCUT2D eigenvalue weighted by Crippen LogP contribution is -2.40. The summed E-state index contributed by atoms with van der Waals surface area (Å²) in [6.45, 7) is 5.83. The van der Waals surface area contributed by atoms with E-state index in [0.717, 1.165) is 43.3 Å². The van der Waals surface area contributed by atoms with Crippen LogP contribution in [-0.4, -0.2) is 71.6 Å². The summed E-state index contributed by atoms with van der Waals surface area (Å²) >= 11 is 6.33. The van der Waals surface area contributed by atoms with Crippen molar-refractivity contribution in [1.82, 2.24) is 15.0 Å². The molecule has 3 aromatic heterocycles. The van der Waals surface area contributed by atoms with Gasteiger partial charge in [-0.2, -0.15) is 13.2 Å². The number of pyridine rings is 3. The van der Waals surface area contributed by atoms with Crippen LogP contribution in [0.4, 0.5) is 30.4 Å². The highest BCUT2D eigenvalue weighted by molar-refractivity contribution is 6.33. The van der Waals surface area contributed by atoms with E-state index in [4.69, 9.17) is 21.1 Å². The molecule has 1 unspecified atom stereocenters. The lowest BCUT2D eigenvalue weighted by molar-refractivity contribution is -0.176. The maximum atomic E-state index is 12.9. The molecule has 2 aliphatic heterocycles. The second kappa shape index (κ2) is 13.1. The Hall–Kier alpha value is -3.68. The van der Waals surface area contributed by atoms with Gasteiger partial charge in [0.15, 0.2) is 11.6 Å². The summed E-state index contributed by atoms with van der Waals surface area (Å²) in [5.41, 5.74) is 1.33. The van der Waals surface area contributed by atoms with E-state index in [1.165, 1.54) is 6.20 Å². The van der Waals surface area contributed by atoms with Gasteiger partial charge in [0.25, 0.3) is 0 Å². The fraction of sp³-hybridized carbons (Fsp3) is 0.429. The number of anilines is 3. The third-order valence-corrected chi connectivity index (χ3v) is 6.90. The average molecular weight is 609 g/mol. The second-order valence-electron chi connectivity index (χ2n) is 10.3. The van der Waals surface area contributed by atoms with Crippen LogP contribution in [0.15, 0.2) is 42.9 Å². The molecule has 1 atom stereocenters. The Kier molecular flexibility index (Phi) is 9.74. The molecular formula is C28H32ClF3N6O4. The Labute approximate surface area is 246 Å². The molecule has 2 aliphatic rings. The summed E-state index contributed by atoms with van der Waals surface area (Å²) in [5.74, 6) is 0.0668. The Balaban J connectivity index is 0.000000202. The third kappa shape index (κ3) is 7.99. The smallest absolute Gasteiger partial charge is 0.417 e. The maximum Gasteiger partial charge on any atom is 0.417 e. The number of alkyl halides is 3. The van der Waals surface area contributed by atoms with E-state index in [0.29, 0.717) is 54.4 Å². The third-order valence-electron chi connectivity index (χ3n) is 6.62. The van der Waals surface area contributed by atoms with Gasteiger partial charge in [0, 0.05) is 68.5 Å². The van der Waals surface area contributed by atoms with E-state index in [2.05, 4.69) is 30.1 Å². The highest BCUT2D eigenvalue weighted by Gasteiger charge is 2.36. The van der Waals surface area contributed by atoms with Crippen molar-refractivity contribution >= 4 is 35.2 Å². The molecule has 0 spiro atoms. The van der Waals surface area contributed by atoms with Crippen molar-refractivity contribution in [3.05, 3.63) is 53.4 Å². The second-order valence-corrected chi connectivity index (χ2v) is 10.7. The number of aliphatic hydroxyl groups is 1.